The molecule has 0 atom stereocenters. The number of piperazine rings is 1. The van der Waals surface area contributed by atoms with Crippen LogP contribution < -0.4 is 0 Å². The Morgan fingerprint density at radius 1 is 0.895 bits per heavy atom. The summed E-state index contributed by atoms with van der Waals surface area (Å²) in [7, 11) is 1.66. The summed E-state index contributed by atoms with van der Waals surface area (Å²) in [6.07, 6.45) is 0. The lowest BCUT2D eigenvalue weighted by molar-refractivity contribution is 0.0162. The summed E-state index contributed by atoms with van der Waals surface area (Å²) < 4.78 is 15.7. The normalized spacial score (nSPS) is 17.5. The fourth-order valence-electron chi connectivity index (χ4n) is 1.93. The summed E-state index contributed by atoms with van der Waals surface area (Å²) in [6.45, 7) is 8.77. The van der Waals surface area contributed by atoms with Crippen LogP contribution in [0.1, 0.15) is 0 Å². The Morgan fingerprint density at radius 2 is 1.47 bits per heavy atom. The molecule has 0 aromatic rings. The van der Waals surface area contributed by atoms with E-state index >= 15 is 0 Å². The fraction of sp³-hybridized carbons (Fsp3) is 0.923. The first-order valence-electron chi connectivity index (χ1n) is 6.83. The second kappa shape index (κ2) is 11.1. The highest BCUT2D eigenvalue weighted by Crippen LogP contribution is 2.00. The molecule has 1 saturated heterocycles. The topological polar surface area (TPSA) is 58.0 Å². The van der Waals surface area contributed by atoms with Crippen molar-refractivity contribution in [2.24, 2.45) is 0 Å². The molecule has 0 radical (unpaired) electrons. The van der Waals surface area contributed by atoms with E-state index < -0.39 is 0 Å². The van der Waals surface area contributed by atoms with Gasteiger partial charge in [-0.05, 0) is 0 Å². The van der Waals surface area contributed by atoms with Gasteiger partial charge in [-0.15, -0.1) is 0 Å². The van der Waals surface area contributed by atoms with Crippen molar-refractivity contribution >= 4 is 0 Å². The maximum absolute atomic E-state index is 8.62. The Hall–Kier alpha value is -0.710. The standard InChI is InChI=1S/C13H25N3O3/c1-17-10-11-19-13-12-18-9-8-16-6-4-15(3-2-14)5-7-16/h3-13H2,1H3. The van der Waals surface area contributed by atoms with E-state index in [0.717, 1.165) is 39.3 Å². The van der Waals surface area contributed by atoms with Crippen molar-refractivity contribution in [3.8, 4) is 6.07 Å². The number of ether oxygens (including phenoxy) is 3. The van der Waals surface area contributed by atoms with Gasteiger partial charge >= 0.3 is 0 Å². The molecule has 1 aliphatic rings. The summed E-state index contributed by atoms with van der Waals surface area (Å²) in [4.78, 5) is 4.56. The molecule has 0 amide bonds. The average molecular weight is 271 g/mol. The number of hydrogen-bond donors (Lipinski definition) is 0. The molecule has 0 N–H and O–H groups in total. The number of hydrogen-bond acceptors (Lipinski definition) is 6. The molecular weight excluding hydrogens is 246 g/mol. The van der Waals surface area contributed by atoms with Crippen LogP contribution in [0, 0.1) is 11.3 Å². The lowest BCUT2D eigenvalue weighted by Gasteiger charge is -2.33. The van der Waals surface area contributed by atoms with E-state index in [1.54, 1.807) is 7.11 Å². The van der Waals surface area contributed by atoms with Crippen molar-refractivity contribution in [3.05, 3.63) is 0 Å². The van der Waals surface area contributed by atoms with Gasteiger partial charge < -0.3 is 14.2 Å². The molecular formula is C13H25N3O3. The third-order valence-corrected chi connectivity index (χ3v) is 3.11. The Bertz CT molecular complexity index is 250. The first kappa shape index (κ1) is 16.3. The van der Waals surface area contributed by atoms with E-state index in [2.05, 4.69) is 15.9 Å². The van der Waals surface area contributed by atoms with E-state index in [0.29, 0.717) is 33.0 Å². The number of nitriles is 1. The zero-order chi connectivity index (χ0) is 13.8. The van der Waals surface area contributed by atoms with Crippen molar-refractivity contribution in [1.82, 2.24) is 9.80 Å². The molecule has 0 saturated carbocycles. The zero-order valence-corrected chi connectivity index (χ0v) is 11.8. The zero-order valence-electron chi connectivity index (χ0n) is 11.8. The first-order chi connectivity index (χ1) is 9.36. The van der Waals surface area contributed by atoms with Gasteiger partial charge in [0.2, 0.25) is 0 Å². The monoisotopic (exact) mass is 271 g/mol. The molecule has 0 aromatic heterocycles. The molecule has 0 bridgehead atoms. The van der Waals surface area contributed by atoms with Crippen molar-refractivity contribution in [3.63, 3.8) is 0 Å². The van der Waals surface area contributed by atoms with Crippen LogP contribution in [-0.4, -0.2) is 89.2 Å². The molecule has 1 fully saturated rings. The number of methoxy groups -OCH3 is 1. The van der Waals surface area contributed by atoms with Crippen LogP contribution in [0.2, 0.25) is 0 Å². The van der Waals surface area contributed by atoms with Crippen LogP contribution in [0.3, 0.4) is 0 Å². The average Bonchev–Trinajstić information content (AvgIpc) is 2.44. The molecule has 0 spiro atoms. The molecule has 6 heteroatoms. The lowest BCUT2D eigenvalue weighted by atomic mass is 10.3. The Kier molecular flexibility index (Phi) is 9.59. The Labute approximate surface area is 115 Å². The lowest BCUT2D eigenvalue weighted by Crippen LogP contribution is -2.47. The Morgan fingerprint density at radius 3 is 2.11 bits per heavy atom. The molecule has 19 heavy (non-hydrogen) atoms. The minimum absolute atomic E-state index is 0.545. The SMILES string of the molecule is COCCOCCOCCN1CCN(CC#N)CC1. The van der Waals surface area contributed by atoms with E-state index in [9.17, 15) is 0 Å². The fourth-order valence-corrected chi connectivity index (χ4v) is 1.93. The predicted molar refractivity (Wildman–Crippen MR) is 72.0 cm³/mol. The largest absolute Gasteiger partial charge is 0.382 e. The molecule has 1 aliphatic heterocycles. The molecule has 0 unspecified atom stereocenters. The maximum atomic E-state index is 8.62. The smallest absolute Gasteiger partial charge is 0.0866 e. The minimum Gasteiger partial charge on any atom is -0.382 e. The van der Waals surface area contributed by atoms with Gasteiger partial charge in [0.25, 0.3) is 0 Å². The number of rotatable bonds is 10. The van der Waals surface area contributed by atoms with Gasteiger partial charge in [-0.1, -0.05) is 0 Å². The van der Waals surface area contributed by atoms with E-state index in [1.807, 2.05) is 0 Å². The van der Waals surface area contributed by atoms with Gasteiger partial charge in [0.15, 0.2) is 0 Å². The summed E-state index contributed by atoms with van der Waals surface area (Å²) in [5.41, 5.74) is 0. The van der Waals surface area contributed by atoms with Crippen LogP contribution in [0.4, 0.5) is 0 Å². The number of nitrogens with zero attached hydrogens (tertiary/aromatic N) is 3. The summed E-state index contributed by atoms with van der Waals surface area (Å²) >= 11 is 0. The third-order valence-electron chi connectivity index (χ3n) is 3.11. The molecule has 6 nitrogen and oxygen atoms in total. The van der Waals surface area contributed by atoms with Crippen LogP contribution in [0.15, 0.2) is 0 Å². The summed E-state index contributed by atoms with van der Waals surface area (Å²) in [6, 6.07) is 2.19. The van der Waals surface area contributed by atoms with E-state index in [-0.39, 0.29) is 0 Å². The molecule has 0 aliphatic carbocycles. The second-order valence-electron chi connectivity index (χ2n) is 4.49. The van der Waals surface area contributed by atoms with Gasteiger partial charge in [-0.25, -0.2) is 0 Å². The second-order valence-corrected chi connectivity index (χ2v) is 4.49. The van der Waals surface area contributed by atoms with Crippen molar-refractivity contribution in [1.29, 1.82) is 5.26 Å². The predicted octanol–water partition coefficient (Wildman–Crippen LogP) is -0.193. The highest BCUT2D eigenvalue weighted by atomic mass is 16.5. The quantitative estimate of drug-likeness (QED) is 0.405. The van der Waals surface area contributed by atoms with Crippen molar-refractivity contribution < 1.29 is 14.2 Å². The van der Waals surface area contributed by atoms with Crippen molar-refractivity contribution in [2.45, 2.75) is 0 Å². The van der Waals surface area contributed by atoms with Crippen LogP contribution in [-0.2, 0) is 14.2 Å². The first-order valence-corrected chi connectivity index (χ1v) is 6.83. The molecule has 110 valence electrons. The Balaban J connectivity index is 1.87. The van der Waals surface area contributed by atoms with E-state index in [4.69, 9.17) is 19.5 Å². The van der Waals surface area contributed by atoms with E-state index in [1.165, 1.54) is 0 Å². The summed E-state index contributed by atoms with van der Waals surface area (Å²) in [5.74, 6) is 0. The molecule has 1 rings (SSSR count). The molecule has 1 heterocycles. The highest BCUT2D eigenvalue weighted by Gasteiger charge is 2.15. The van der Waals surface area contributed by atoms with Gasteiger partial charge in [0.1, 0.15) is 0 Å². The van der Waals surface area contributed by atoms with Crippen LogP contribution in [0.5, 0.6) is 0 Å². The van der Waals surface area contributed by atoms with Gasteiger partial charge in [0, 0.05) is 39.8 Å². The van der Waals surface area contributed by atoms with Crippen molar-refractivity contribution in [2.75, 3.05) is 79.4 Å². The van der Waals surface area contributed by atoms with Gasteiger partial charge in [0.05, 0.1) is 45.6 Å². The maximum Gasteiger partial charge on any atom is 0.0866 e. The van der Waals surface area contributed by atoms with Crippen LogP contribution >= 0.6 is 0 Å². The minimum atomic E-state index is 0.545. The van der Waals surface area contributed by atoms with Crippen LogP contribution in [0.25, 0.3) is 0 Å². The third kappa shape index (κ3) is 8.14. The molecule has 0 aromatic carbocycles. The summed E-state index contributed by atoms with van der Waals surface area (Å²) in [5, 5.41) is 8.62. The van der Waals surface area contributed by atoms with Gasteiger partial charge in [-0.2, -0.15) is 5.26 Å². The highest BCUT2D eigenvalue weighted by molar-refractivity contribution is 4.80. The van der Waals surface area contributed by atoms with Gasteiger partial charge in [-0.3, -0.25) is 9.80 Å².